The molecule has 0 spiro atoms. The first-order valence-electron chi connectivity index (χ1n) is 4.95. The van der Waals surface area contributed by atoms with Crippen molar-refractivity contribution in [2.45, 2.75) is 13.8 Å². The summed E-state index contributed by atoms with van der Waals surface area (Å²) in [6.45, 7) is 3.90. The normalized spacial score (nSPS) is 10.6. The summed E-state index contributed by atoms with van der Waals surface area (Å²) >= 11 is 15.4. The number of nitrogens with zero attached hydrogens (tertiary/aromatic N) is 2. The maximum atomic E-state index is 6.13. The molecule has 0 saturated heterocycles. The van der Waals surface area contributed by atoms with Crippen molar-refractivity contribution in [1.29, 1.82) is 0 Å². The highest BCUT2D eigenvalue weighted by Crippen LogP contribution is 2.29. The Balaban J connectivity index is 2.61. The maximum absolute atomic E-state index is 6.13. The zero-order valence-electron chi connectivity index (χ0n) is 9.26. The van der Waals surface area contributed by atoms with Crippen LogP contribution in [0.2, 0.25) is 10.0 Å². The van der Waals surface area contributed by atoms with Crippen molar-refractivity contribution in [3.05, 3.63) is 44.1 Å². The fourth-order valence-corrected chi connectivity index (χ4v) is 2.33. The smallest absolute Gasteiger partial charge is 0.162 e. The Bertz CT molecular complexity index is 562. The van der Waals surface area contributed by atoms with E-state index in [0.717, 1.165) is 21.4 Å². The quantitative estimate of drug-likeness (QED) is 0.699. The van der Waals surface area contributed by atoms with E-state index in [0.29, 0.717) is 15.9 Å². The first kappa shape index (κ1) is 12.8. The van der Waals surface area contributed by atoms with Gasteiger partial charge in [0.25, 0.3) is 0 Å². The van der Waals surface area contributed by atoms with Gasteiger partial charge in [0.15, 0.2) is 5.82 Å². The summed E-state index contributed by atoms with van der Waals surface area (Å²) in [5, 5.41) is 1.15. The monoisotopic (exact) mass is 330 g/mol. The van der Waals surface area contributed by atoms with Crippen molar-refractivity contribution in [3.8, 4) is 11.4 Å². The minimum absolute atomic E-state index is 0.549. The molecule has 0 atom stereocenters. The van der Waals surface area contributed by atoms with Crippen LogP contribution in [0.4, 0.5) is 0 Å². The molecule has 88 valence electrons. The van der Waals surface area contributed by atoms with Crippen LogP contribution in [0, 0.1) is 13.8 Å². The van der Waals surface area contributed by atoms with E-state index in [1.54, 1.807) is 12.1 Å². The lowest BCUT2D eigenvalue weighted by Gasteiger charge is -2.07. The fraction of sp³-hybridized carbons (Fsp3) is 0.167. The number of hydrogen-bond acceptors (Lipinski definition) is 2. The molecule has 2 aromatic rings. The second-order valence-corrected chi connectivity index (χ2v) is 5.27. The molecule has 2 rings (SSSR count). The predicted molar refractivity (Wildman–Crippen MR) is 74.7 cm³/mol. The summed E-state index contributed by atoms with van der Waals surface area (Å²) in [7, 11) is 0. The predicted octanol–water partition coefficient (Wildman–Crippen LogP) is 4.83. The van der Waals surface area contributed by atoms with Crippen molar-refractivity contribution in [1.82, 2.24) is 9.97 Å². The van der Waals surface area contributed by atoms with E-state index >= 15 is 0 Å². The Morgan fingerprint density at radius 3 is 2.41 bits per heavy atom. The minimum Gasteiger partial charge on any atom is -0.233 e. The van der Waals surface area contributed by atoms with Crippen molar-refractivity contribution in [2.24, 2.45) is 0 Å². The second kappa shape index (κ2) is 4.92. The lowest BCUT2D eigenvalue weighted by Crippen LogP contribution is -1.97. The lowest BCUT2D eigenvalue weighted by molar-refractivity contribution is 1.05. The van der Waals surface area contributed by atoms with E-state index in [1.807, 2.05) is 19.9 Å². The van der Waals surface area contributed by atoms with Crippen LogP contribution in [0.5, 0.6) is 0 Å². The standard InChI is InChI=1S/C12H9BrCl2N2/c1-6-7(2)16-12(17-11(6)13)9-4-3-8(14)5-10(9)15/h3-5H,1-2H3. The summed E-state index contributed by atoms with van der Waals surface area (Å²) in [6.07, 6.45) is 0. The van der Waals surface area contributed by atoms with Crippen LogP contribution in [0.25, 0.3) is 11.4 Å². The van der Waals surface area contributed by atoms with Gasteiger partial charge in [-0.25, -0.2) is 9.97 Å². The van der Waals surface area contributed by atoms with E-state index in [2.05, 4.69) is 25.9 Å². The van der Waals surface area contributed by atoms with Gasteiger partial charge in [0.1, 0.15) is 4.60 Å². The largest absolute Gasteiger partial charge is 0.233 e. The lowest BCUT2D eigenvalue weighted by atomic mass is 10.2. The molecule has 0 unspecified atom stereocenters. The summed E-state index contributed by atoms with van der Waals surface area (Å²) < 4.78 is 0.783. The number of halogens is 3. The molecule has 1 heterocycles. The van der Waals surface area contributed by atoms with Gasteiger partial charge in [0, 0.05) is 21.8 Å². The Morgan fingerprint density at radius 2 is 1.82 bits per heavy atom. The molecular weight excluding hydrogens is 323 g/mol. The highest BCUT2D eigenvalue weighted by molar-refractivity contribution is 9.10. The van der Waals surface area contributed by atoms with Gasteiger partial charge in [-0.3, -0.25) is 0 Å². The first-order valence-corrected chi connectivity index (χ1v) is 6.50. The Hall–Kier alpha value is -0.640. The number of aryl methyl sites for hydroxylation is 1. The van der Waals surface area contributed by atoms with Crippen molar-refractivity contribution < 1.29 is 0 Å². The molecule has 2 nitrogen and oxygen atoms in total. The molecule has 0 N–H and O–H groups in total. The van der Waals surface area contributed by atoms with Gasteiger partial charge in [-0.2, -0.15) is 0 Å². The average molecular weight is 332 g/mol. The highest BCUT2D eigenvalue weighted by atomic mass is 79.9. The van der Waals surface area contributed by atoms with Crippen molar-refractivity contribution >= 4 is 39.1 Å². The minimum atomic E-state index is 0.549. The molecule has 0 fully saturated rings. The van der Waals surface area contributed by atoms with E-state index in [-0.39, 0.29) is 0 Å². The van der Waals surface area contributed by atoms with Crippen molar-refractivity contribution in [2.75, 3.05) is 0 Å². The van der Waals surface area contributed by atoms with Crippen LogP contribution in [-0.4, -0.2) is 9.97 Å². The van der Waals surface area contributed by atoms with Gasteiger partial charge >= 0.3 is 0 Å². The molecule has 17 heavy (non-hydrogen) atoms. The van der Waals surface area contributed by atoms with Crippen LogP contribution in [0.1, 0.15) is 11.3 Å². The molecule has 0 aliphatic rings. The first-order chi connectivity index (χ1) is 7.99. The fourth-order valence-electron chi connectivity index (χ4n) is 1.39. The van der Waals surface area contributed by atoms with Crippen LogP contribution >= 0.6 is 39.1 Å². The van der Waals surface area contributed by atoms with E-state index < -0.39 is 0 Å². The van der Waals surface area contributed by atoms with Crippen LogP contribution in [-0.2, 0) is 0 Å². The van der Waals surface area contributed by atoms with Crippen LogP contribution in [0.3, 0.4) is 0 Å². The van der Waals surface area contributed by atoms with Crippen LogP contribution in [0.15, 0.2) is 22.8 Å². The Kier molecular flexibility index (Phi) is 3.71. The molecular formula is C12H9BrCl2N2. The number of hydrogen-bond donors (Lipinski definition) is 0. The molecule has 0 aliphatic carbocycles. The third-order valence-electron chi connectivity index (χ3n) is 2.50. The van der Waals surface area contributed by atoms with E-state index in [9.17, 15) is 0 Å². The molecule has 5 heteroatoms. The van der Waals surface area contributed by atoms with Crippen LogP contribution < -0.4 is 0 Å². The van der Waals surface area contributed by atoms with Gasteiger partial charge in [0.2, 0.25) is 0 Å². The zero-order valence-corrected chi connectivity index (χ0v) is 12.4. The third kappa shape index (κ3) is 2.62. The average Bonchev–Trinajstić information content (AvgIpc) is 2.25. The summed E-state index contributed by atoms with van der Waals surface area (Å²) in [5.41, 5.74) is 2.73. The number of benzene rings is 1. The SMILES string of the molecule is Cc1nc(-c2ccc(Cl)cc2Cl)nc(Br)c1C. The number of rotatable bonds is 1. The molecule has 1 aromatic heterocycles. The highest BCUT2D eigenvalue weighted by Gasteiger charge is 2.10. The summed E-state index contributed by atoms with van der Waals surface area (Å²) in [4.78, 5) is 8.80. The second-order valence-electron chi connectivity index (χ2n) is 3.67. The summed E-state index contributed by atoms with van der Waals surface area (Å²) in [5.74, 6) is 0.599. The number of aromatic nitrogens is 2. The zero-order chi connectivity index (χ0) is 12.6. The Morgan fingerprint density at radius 1 is 1.12 bits per heavy atom. The van der Waals surface area contributed by atoms with Gasteiger partial charge in [-0.05, 0) is 48.0 Å². The summed E-state index contributed by atoms with van der Waals surface area (Å²) in [6, 6.07) is 5.28. The molecule has 0 bridgehead atoms. The molecule has 1 aromatic carbocycles. The van der Waals surface area contributed by atoms with E-state index in [4.69, 9.17) is 23.2 Å². The van der Waals surface area contributed by atoms with Gasteiger partial charge < -0.3 is 0 Å². The van der Waals surface area contributed by atoms with Gasteiger partial charge in [-0.1, -0.05) is 23.2 Å². The molecule has 0 amide bonds. The third-order valence-corrected chi connectivity index (χ3v) is 3.82. The molecule has 0 aliphatic heterocycles. The van der Waals surface area contributed by atoms with Gasteiger partial charge in [-0.15, -0.1) is 0 Å². The van der Waals surface area contributed by atoms with Crippen molar-refractivity contribution in [3.63, 3.8) is 0 Å². The topological polar surface area (TPSA) is 25.8 Å². The van der Waals surface area contributed by atoms with Gasteiger partial charge in [0.05, 0.1) is 5.02 Å². The maximum Gasteiger partial charge on any atom is 0.162 e. The molecule has 0 radical (unpaired) electrons. The Labute approximate surface area is 118 Å². The molecule has 0 saturated carbocycles. The van der Waals surface area contributed by atoms with E-state index in [1.165, 1.54) is 0 Å².